The molecule has 0 aromatic rings. The van der Waals surface area contributed by atoms with Crippen molar-refractivity contribution >= 4 is 23.8 Å². The number of carbonyl (C=O) groups excluding carboxylic acids is 1. The van der Waals surface area contributed by atoms with Crippen LogP contribution in [0, 0.1) is 0 Å². The zero-order valence-electron chi connectivity index (χ0n) is 10.7. The molecule has 0 radical (unpaired) electrons. The van der Waals surface area contributed by atoms with E-state index in [4.69, 9.17) is 5.11 Å². The highest BCUT2D eigenvalue weighted by atomic mass is 32.2. The zero-order chi connectivity index (χ0) is 13.3. The number of likely N-dealkylation sites (tertiary alicyclic amines) is 1. The first-order valence-corrected chi connectivity index (χ1v) is 7.18. The highest BCUT2D eigenvalue weighted by Gasteiger charge is 2.38. The molecule has 18 heavy (non-hydrogen) atoms. The van der Waals surface area contributed by atoms with Crippen molar-refractivity contribution in [2.45, 2.75) is 18.5 Å². The fourth-order valence-corrected chi connectivity index (χ4v) is 3.49. The molecule has 7 heteroatoms. The average Bonchev–Trinajstić information content (AvgIpc) is 2.97. The molecule has 6 nitrogen and oxygen atoms in total. The van der Waals surface area contributed by atoms with Gasteiger partial charge in [-0.3, -0.25) is 0 Å². The third kappa shape index (κ3) is 2.56. The van der Waals surface area contributed by atoms with Crippen LogP contribution in [0.25, 0.3) is 0 Å². The molecule has 2 fully saturated rings. The SMILES string of the molecule is CN(C)C1CCN(C(=O)N2CSC[C@H]2C(=O)O)C1. The van der Waals surface area contributed by atoms with Crippen LogP contribution < -0.4 is 0 Å². The summed E-state index contributed by atoms with van der Waals surface area (Å²) < 4.78 is 0. The Balaban J connectivity index is 1.98. The van der Waals surface area contributed by atoms with E-state index in [0.29, 0.717) is 24.2 Å². The average molecular weight is 273 g/mol. The molecular weight excluding hydrogens is 254 g/mol. The molecule has 102 valence electrons. The van der Waals surface area contributed by atoms with Crippen LogP contribution in [-0.4, -0.2) is 82.7 Å². The molecule has 0 saturated carbocycles. The lowest BCUT2D eigenvalue weighted by molar-refractivity contribution is -0.140. The van der Waals surface area contributed by atoms with Gasteiger partial charge >= 0.3 is 12.0 Å². The molecule has 2 amide bonds. The van der Waals surface area contributed by atoms with Crippen LogP contribution >= 0.6 is 11.8 Å². The minimum atomic E-state index is -0.906. The number of likely N-dealkylation sites (N-methyl/N-ethyl adjacent to an activating group) is 1. The van der Waals surface area contributed by atoms with E-state index >= 15 is 0 Å². The van der Waals surface area contributed by atoms with Crippen LogP contribution in [0.3, 0.4) is 0 Å². The molecule has 1 N–H and O–H groups in total. The smallest absolute Gasteiger partial charge is 0.327 e. The molecule has 2 heterocycles. The Morgan fingerprint density at radius 3 is 2.67 bits per heavy atom. The first-order chi connectivity index (χ1) is 8.50. The Morgan fingerprint density at radius 2 is 2.11 bits per heavy atom. The third-order valence-corrected chi connectivity index (χ3v) is 4.59. The Bertz CT molecular complexity index is 350. The summed E-state index contributed by atoms with van der Waals surface area (Å²) in [5.41, 5.74) is 0. The van der Waals surface area contributed by atoms with Crippen molar-refractivity contribution in [1.29, 1.82) is 0 Å². The molecule has 1 unspecified atom stereocenters. The molecular formula is C11H19N3O3S. The van der Waals surface area contributed by atoms with Gasteiger partial charge in [-0.1, -0.05) is 0 Å². The second-order valence-corrected chi connectivity index (χ2v) is 5.96. The van der Waals surface area contributed by atoms with Crippen LogP contribution in [-0.2, 0) is 4.79 Å². The van der Waals surface area contributed by atoms with E-state index in [9.17, 15) is 9.59 Å². The largest absolute Gasteiger partial charge is 0.480 e. The molecule has 2 rings (SSSR count). The summed E-state index contributed by atoms with van der Waals surface area (Å²) in [6.45, 7) is 1.41. The highest BCUT2D eigenvalue weighted by Crippen LogP contribution is 2.24. The number of rotatable bonds is 2. The summed E-state index contributed by atoms with van der Waals surface area (Å²) in [6, 6.07) is -0.412. The molecule has 0 aliphatic carbocycles. The number of carboxylic acid groups (broad SMARTS) is 1. The number of amides is 2. The van der Waals surface area contributed by atoms with Crippen molar-refractivity contribution in [3.05, 3.63) is 0 Å². The van der Waals surface area contributed by atoms with E-state index < -0.39 is 12.0 Å². The van der Waals surface area contributed by atoms with E-state index in [2.05, 4.69) is 4.90 Å². The van der Waals surface area contributed by atoms with E-state index in [1.54, 1.807) is 4.90 Å². The number of nitrogens with zero attached hydrogens (tertiary/aromatic N) is 3. The summed E-state index contributed by atoms with van der Waals surface area (Å²) in [5, 5.41) is 9.08. The van der Waals surface area contributed by atoms with E-state index in [0.717, 1.165) is 13.0 Å². The van der Waals surface area contributed by atoms with E-state index in [1.165, 1.54) is 16.7 Å². The molecule has 2 aliphatic heterocycles. The standard InChI is InChI=1S/C11H19N3O3S/c1-12(2)8-3-4-13(5-8)11(17)14-7-18-6-9(14)10(15)16/h8-9H,3-7H2,1-2H3,(H,15,16)/t8?,9-/m0/s1. The minimum Gasteiger partial charge on any atom is -0.480 e. The van der Waals surface area contributed by atoms with Gasteiger partial charge in [0.15, 0.2) is 0 Å². The summed E-state index contributed by atoms with van der Waals surface area (Å²) in [7, 11) is 4.01. The Hall–Kier alpha value is -0.950. The fourth-order valence-electron chi connectivity index (χ4n) is 2.35. The molecule has 0 aromatic heterocycles. The van der Waals surface area contributed by atoms with Gasteiger partial charge in [-0.2, -0.15) is 0 Å². The maximum atomic E-state index is 12.3. The first-order valence-electron chi connectivity index (χ1n) is 6.03. The fraction of sp³-hybridized carbons (Fsp3) is 0.818. The van der Waals surface area contributed by atoms with Crippen LogP contribution in [0.2, 0.25) is 0 Å². The highest BCUT2D eigenvalue weighted by molar-refractivity contribution is 7.99. The monoisotopic (exact) mass is 273 g/mol. The number of hydrogen-bond acceptors (Lipinski definition) is 4. The van der Waals surface area contributed by atoms with Crippen molar-refractivity contribution in [3.63, 3.8) is 0 Å². The second-order valence-electron chi connectivity index (χ2n) is 4.96. The number of carbonyl (C=O) groups is 2. The van der Waals surface area contributed by atoms with E-state index in [-0.39, 0.29) is 6.03 Å². The molecule has 2 atom stereocenters. The Labute approximate surface area is 111 Å². The normalized spacial score (nSPS) is 28.2. The number of thioether (sulfide) groups is 1. The summed E-state index contributed by atoms with van der Waals surface area (Å²) in [4.78, 5) is 28.7. The lowest BCUT2D eigenvalue weighted by atomic mass is 10.2. The summed E-state index contributed by atoms with van der Waals surface area (Å²) in [6.07, 6.45) is 0.956. The Morgan fingerprint density at radius 1 is 1.39 bits per heavy atom. The molecule has 0 spiro atoms. The first kappa shape index (κ1) is 13.5. The van der Waals surface area contributed by atoms with Crippen molar-refractivity contribution in [1.82, 2.24) is 14.7 Å². The van der Waals surface area contributed by atoms with Crippen molar-refractivity contribution in [2.75, 3.05) is 38.8 Å². The van der Waals surface area contributed by atoms with Gasteiger partial charge in [0, 0.05) is 24.9 Å². The predicted octanol–water partition coefficient (Wildman–Crippen LogP) is 0.202. The molecule has 2 aliphatic rings. The number of hydrogen-bond donors (Lipinski definition) is 1. The van der Waals surface area contributed by atoms with Gasteiger partial charge in [-0.25, -0.2) is 9.59 Å². The lowest BCUT2D eigenvalue weighted by Gasteiger charge is -2.27. The van der Waals surface area contributed by atoms with Crippen LogP contribution in [0.5, 0.6) is 0 Å². The molecule has 0 bridgehead atoms. The predicted molar refractivity (Wildman–Crippen MR) is 69.6 cm³/mol. The van der Waals surface area contributed by atoms with Crippen LogP contribution in [0.15, 0.2) is 0 Å². The van der Waals surface area contributed by atoms with Gasteiger partial charge in [-0.15, -0.1) is 11.8 Å². The summed E-state index contributed by atoms with van der Waals surface area (Å²) in [5.74, 6) is 0.0713. The number of carboxylic acids is 1. The van der Waals surface area contributed by atoms with Crippen LogP contribution in [0.1, 0.15) is 6.42 Å². The number of aliphatic carboxylic acids is 1. The van der Waals surface area contributed by atoms with Crippen LogP contribution in [0.4, 0.5) is 4.79 Å². The maximum Gasteiger partial charge on any atom is 0.327 e. The van der Waals surface area contributed by atoms with Gasteiger partial charge in [0.05, 0.1) is 5.88 Å². The third-order valence-electron chi connectivity index (χ3n) is 3.58. The zero-order valence-corrected chi connectivity index (χ0v) is 11.5. The second kappa shape index (κ2) is 5.36. The van der Waals surface area contributed by atoms with Crippen molar-refractivity contribution < 1.29 is 14.7 Å². The molecule has 0 aromatic carbocycles. The van der Waals surface area contributed by atoms with Crippen molar-refractivity contribution in [2.24, 2.45) is 0 Å². The quantitative estimate of drug-likeness (QED) is 0.779. The van der Waals surface area contributed by atoms with E-state index in [1.807, 2.05) is 14.1 Å². The number of urea groups is 1. The van der Waals surface area contributed by atoms with Gasteiger partial charge < -0.3 is 19.8 Å². The van der Waals surface area contributed by atoms with Crippen molar-refractivity contribution in [3.8, 4) is 0 Å². The maximum absolute atomic E-state index is 12.3. The van der Waals surface area contributed by atoms with Gasteiger partial charge in [0.1, 0.15) is 6.04 Å². The van der Waals surface area contributed by atoms with Gasteiger partial charge in [-0.05, 0) is 20.5 Å². The summed E-state index contributed by atoms with van der Waals surface area (Å²) >= 11 is 1.50. The molecule has 2 saturated heterocycles. The lowest BCUT2D eigenvalue weighted by Crippen LogP contribution is -2.48. The minimum absolute atomic E-state index is 0.128. The van der Waals surface area contributed by atoms with Gasteiger partial charge in [0.2, 0.25) is 0 Å². The topological polar surface area (TPSA) is 64.1 Å². The van der Waals surface area contributed by atoms with Gasteiger partial charge in [0.25, 0.3) is 0 Å². The Kier molecular flexibility index (Phi) is 4.01.